The van der Waals surface area contributed by atoms with Gasteiger partial charge in [0.25, 0.3) is 0 Å². The third-order valence-electron chi connectivity index (χ3n) is 1.83. The molecule has 66 valence electrons. The van der Waals surface area contributed by atoms with E-state index in [9.17, 15) is 0 Å². The first-order valence-corrected chi connectivity index (χ1v) is 4.98. The molecule has 0 saturated carbocycles. The van der Waals surface area contributed by atoms with Crippen LogP contribution in [0.2, 0.25) is 0 Å². The molecule has 0 aromatic carbocycles. The molecule has 0 amide bonds. The lowest BCUT2D eigenvalue weighted by Gasteiger charge is -1.95. The molecule has 0 saturated heterocycles. The number of halogens is 1. The number of rotatable bonds is 1. The van der Waals surface area contributed by atoms with Crippen LogP contribution in [0.25, 0.3) is 11.3 Å². The van der Waals surface area contributed by atoms with Gasteiger partial charge in [0.15, 0.2) is 0 Å². The number of hydrogen-bond donors (Lipinski definition) is 1. The van der Waals surface area contributed by atoms with E-state index in [4.69, 9.17) is 0 Å². The maximum Gasteiger partial charge on any atom is 0.106 e. The van der Waals surface area contributed by atoms with Gasteiger partial charge in [-0.15, -0.1) is 0 Å². The maximum atomic E-state index is 4.23. The highest BCUT2D eigenvalue weighted by Gasteiger charge is 2.08. The van der Waals surface area contributed by atoms with Crippen LogP contribution in [0.5, 0.6) is 0 Å². The highest BCUT2D eigenvalue weighted by molar-refractivity contribution is 14.1. The fraction of sp³-hybridized carbons (Fsp3) is 0.111. The predicted octanol–water partition coefficient (Wildman–Crippen LogP) is 2.38. The molecular formula is C9H8IN3. The Kier molecular flexibility index (Phi) is 2.30. The molecular weight excluding hydrogens is 277 g/mol. The van der Waals surface area contributed by atoms with Crippen molar-refractivity contribution in [3.63, 3.8) is 0 Å². The molecule has 13 heavy (non-hydrogen) atoms. The highest BCUT2D eigenvalue weighted by atomic mass is 127. The van der Waals surface area contributed by atoms with Crippen molar-refractivity contribution in [1.29, 1.82) is 0 Å². The van der Waals surface area contributed by atoms with Crippen LogP contribution in [0.1, 0.15) is 5.69 Å². The number of pyridine rings is 1. The average Bonchev–Trinajstić information content (AvgIpc) is 2.49. The maximum absolute atomic E-state index is 4.23. The molecule has 2 rings (SSSR count). The van der Waals surface area contributed by atoms with Crippen LogP contribution in [0.4, 0.5) is 0 Å². The van der Waals surface area contributed by atoms with Crippen molar-refractivity contribution in [2.24, 2.45) is 0 Å². The van der Waals surface area contributed by atoms with Crippen LogP contribution in [-0.4, -0.2) is 15.2 Å². The first kappa shape index (κ1) is 8.68. The van der Waals surface area contributed by atoms with E-state index in [2.05, 4.69) is 37.8 Å². The number of aromatic nitrogens is 3. The third kappa shape index (κ3) is 1.58. The van der Waals surface area contributed by atoms with E-state index in [1.807, 2.05) is 19.1 Å². The summed E-state index contributed by atoms with van der Waals surface area (Å²) in [7, 11) is 0. The number of nitrogens with one attached hydrogen (secondary N) is 1. The fourth-order valence-corrected chi connectivity index (χ4v) is 1.67. The molecule has 0 aliphatic rings. The zero-order valence-corrected chi connectivity index (χ0v) is 9.24. The summed E-state index contributed by atoms with van der Waals surface area (Å²) < 4.78 is 1.17. The molecule has 2 heterocycles. The van der Waals surface area contributed by atoms with Crippen molar-refractivity contribution in [2.75, 3.05) is 0 Å². The summed E-state index contributed by atoms with van der Waals surface area (Å²) >= 11 is 2.29. The van der Waals surface area contributed by atoms with Crippen LogP contribution >= 0.6 is 22.6 Å². The van der Waals surface area contributed by atoms with Gasteiger partial charge in [-0.1, -0.05) is 0 Å². The Morgan fingerprint density at radius 1 is 1.31 bits per heavy atom. The second kappa shape index (κ2) is 3.45. The largest absolute Gasteiger partial charge is 0.281 e. The van der Waals surface area contributed by atoms with Crippen LogP contribution in [0.3, 0.4) is 0 Å². The van der Waals surface area contributed by atoms with Gasteiger partial charge in [0.1, 0.15) is 5.69 Å². The lowest BCUT2D eigenvalue weighted by Crippen LogP contribution is -1.80. The van der Waals surface area contributed by atoms with Gasteiger partial charge in [-0.3, -0.25) is 10.1 Å². The Balaban J connectivity index is 2.53. The van der Waals surface area contributed by atoms with Crippen molar-refractivity contribution >= 4 is 22.6 Å². The summed E-state index contributed by atoms with van der Waals surface area (Å²) in [5.41, 5.74) is 3.21. The van der Waals surface area contributed by atoms with E-state index in [-0.39, 0.29) is 0 Å². The monoisotopic (exact) mass is 285 g/mol. The van der Waals surface area contributed by atoms with Crippen molar-refractivity contribution < 1.29 is 0 Å². The molecule has 0 aliphatic heterocycles. The first-order chi connectivity index (χ1) is 6.29. The lowest BCUT2D eigenvalue weighted by molar-refractivity contribution is 1.05. The predicted molar refractivity (Wildman–Crippen MR) is 59.3 cm³/mol. The molecule has 0 fully saturated rings. The third-order valence-corrected chi connectivity index (χ3v) is 3.15. The van der Waals surface area contributed by atoms with Gasteiger partial charge < -0.3 is 0 Å². The number of aromatic amines is 1. The Morgan fingerprint density at radius 3 is 2.54 bits per heavy atom. The van der Waals surface area contributed by atoms with Gasteiger partial charge in [0.2, 0.25) is 0 Å². The minimum Gasteiger partial charge on any atom is -0.281 e. The molecule has 2 aromatic rings. The van der Waals surface area contributed by atoms with Crippen molar-refractivity contribution in [3.8, 4) is 11.3 Å². The van der Waals surface area contributed by atoms with Crippen molar-refractivity contribution in [2.45, 2.75) is 6.92 Å². The van der Waals surface area contributed by atoms with Gasteiger partial charge in [0.05, 0.1) is 3.57 Å². The summed E-state index contributed by atoms with van der Waals surface area (Å²) in [6, 6.07) is 3.91. The number of aryl methyl sites for hydroxylation is 1. The zero-order valence-electron chi connectivity index (χ0n) is 7.08. The number of nitrogens with zero attached hydrogens (tertiary/aromatic N) is 2. The topological polar surface area (TPSA) is 41.6 Å². The van der Waals surface area contributed by atoms with E-state index in [1.54, 1.807) is 12.4 Å². The molecule has 0 radical (unpaired) electrons. The van der Waals surface area contributed by atoms with E-state index in [1.165, 1.54) is 3.57 Å². The molecule has 0 bridgehead atoms. The normalized spacial score (nSPS) is 10.3. The van der Waals surface area contributed by atoms with Crippen LogP contribution in [-0.2, 0) is 0 Å². The number of H-pyrrole nitrogens is 1. The van der Waals surface area contributed by atoms with Crippen LogP contribution in [0, 0.1) is 10.5 Å². The van der Waals surface area contributed by atoms with Gasteiger partial charge in [-0.05, 0) is 41.6 Å². The standard InChI is InChI=1S/C9H8IN3/c1-6-8(10)9(13-12-6)7-2-4-11-5-3-7/h2-5H,1H3,(H,12,13). The molecule has 3 nitrogen and oxygen atoms in total. The highest BCUT2D eigenvalue weighted by Crippen LogP contribution is 2.23. The Hall–Kier alpha value is -0.910. The zero-order chi connectivity index (χ0) is 9.26. The van der Waals surface area contributed by atoms with E-state index < -0.39 is 0 Å². The summed E-state index contributed by atoms with van der Waals surface area (Å²) in [6.45, 7) is 2.01. The second-order valence-corrected chi connectivity index (χ2v) is 3.83. The van der Waals surface area contributed by atoms with E-state index in [0.29, 0.717) is 0 Å². The molecule has 4 heteroatoms. The Bertz CT molecular complexity index is 408. The average molecular weight is 285 g/mol. The lowest BCUT2D eigenvalue weighted by atomic mass is 10.2. The summed E-state index contributed by atoms with van der Waals surface area (Å²) in [5, 5.41) is 7.18. The van der Waals surface area contributed by atoms with Gasteiger partial charge in [0, 0.05) is 23.7 Å². The minimum absolute atomic E-state index is 1.00. The quantitative estimate of drug-likeness (QED) is 0.817. The van der Waals surface area contributed by atoms with Crippen molar-refractivity contribution in [3.05, 3.63) is 33.8 Å². The minimum atomic E-state index is 1.00. The summed E-state index contributed by atoms with van der Waals surface area (Å²) in [6.07, 6.45) is 3.55. The van der Waals surface area contributed by atoms with Crippen LogP contribution < -0.4 is 0 Å². The van der Waals surface area contributed by atoms with Crippen LogP contribution in [0.15, 0.2) is 24.5 Å². The Morgan fingerprint density at radius 2 is 2.00 bits per heavy atom. The smallest absolute Gasteiger partial charge is 0.106 e. The van der Waals surface area contributed by atoms with Gasteiger partial charge in [-0.25, -0.2) is 0 Å². The molecule has 0 unspecified atom stereocenters. The first-order valence-electron chi connectivity index (χ1n) is 3.90. The molecule has 1 N–H and O–H groups in total. The molecule has 2 aromatic heterocycles. The molecule has 0 atom stereocenters. The SMILES string of the molecule is Cc1[nH]nc(-c2ccncc2)c1I. The van der Waals surface area contributed by atoms with E-state index >= 15 is 0 Å². The Labute approximate surface area is 89.7 Å². The summed E-state index contributed by atoms with van der Waals surface area (Å²) in [4.78, 5) is 3.97. The van der Waals surface area contributed by atoms with Gasteiger partial charge >= 0.3 is 0 Å². The number of hydrogen-bond acceptors (Lipinski definition) is 2. The second-order valence-electron chi connectivity index (χ2n) is 2.75. The van der Waals surface area contributed by atoms with E-state index in [0.717, 1.165) is 17.0 Å². The molecule has 0 aliphatic carbocycles. The molecule has 0 spiro atoms. The van der Waals surface area contributed by atoms with Gasteiger partial charge in [-0.2, -0.15) is 5.10 Å². The summed E-state index contributed by atoms with van der Waals surface area (Å²) in [5.74, 6) is 0. The van der Waals surface area contributed by atoms with Crippen molar-refractivity contribution in [1.82, 2.24) is 15.2 Å². The fourth-order valence-electron chi connectivity index (χ4n) is 1.12.